The van der Waals surface area contributed by atoms with Crippen LogP contribution in [0.4, 0.5) is 4.79 Å². The summed E-state index contributed by atoms with van der Waals surface area (Å²) in [5.41, 5.74) is 1.24. The second kappa shape index (κ2) is 9.37. The van der Waals surface area contributed by atoms with Gasteiger partial charge in [0, 0.05) is 25.7 Å². The first-order valence-corrected chi connectivity index (χ1v) is 7.43. The van der Waals surface area contributed by atoms with Crippen molar-refractivity contribution in [2.75, 3.05) is 26.2 Å². The van der Waals surface area contributed by atoms with E-state index in [2.05, 4.69) is 48.4 Å². The Morgan fingerprint density at radius 3 is 2.40 bits per heavy atom. The van der Waals surface area contributed by atoms with E-state index in [1.54, 1.807) is 0 Å². The van der Waals surface area contributed by atoms with Crippen LogP contribution in [-0.4, -0.2) is 43.2 Å². The summed E-state index contributed by atoms with van der Waals surface area (Å²) < 4.78 is 0. The van der Waals surface area contributed by atoms with Gasteiger partial charge in [0.15, 0.2) is 0 Å². The van der Waals surface area contributed by atoms with Crippen molar-refractivity contribution in [1.29, 1.82) is 0 Å². The molecule has 4 nitrogen and oxygen atoms in total. The first kappa shape index (κ1) is 16.5. The van der Waals surface area contributed by atoms with Crippen molar-refractivity contribution in [2.24, 2.45) is 0 Å². The number of carbonyl (C=O) groups excluding carboxylic acids is 1. The predicted octanol–water partition coefficient (Wildman–Crippen LogP) is 2.26. The molecule has 2 N–H and O–H groups in total. The van der Waals surface area contributed by atoms with Crippen LogP contribution in [0.5, 0.6) is 0 Å². The molecule has 0 saturated carbocycles. The minimum Gasteiger partial charge on any atom is -0.338 e. The van der Waals surface area contributed by atoms with E-state index in [0.29, 0.717) is 19.1 Å². The molecule has 0 spiro atoms. The molecular weight excluding hydrogens is 250 g/mol. The lowest BCUT2D eigenvalue weighted by atomic mass is 10.1. The Balaban J connectivity index is 2.11. The van der Waals surface area contributed by atoms with Gasteiger partial charge in [0.25, 0.3) is 0 Å². The highest BCUT2D eigenvalue weighted by Gasteiger charge is 2.06. The SMILES string of the molecule is CCN(CCNC(=O)NCCc1ccccc1)C(C)C. The van der Waals surface area contributed by atoms with Gasteiger partial charge in [-0.3, -0.25) is 4.90 Å². The molecule has 0 heterocycles. The number of benzene rings is 1. The minimum absolute atomic E-state index is 0.0826. The van der Waals surface area contributed by atoms with Gasteiger partial charge in [0.05, 0.1) is 0 Å². The molecule has 0 bridgehead atoms. The van der Waals surface area contributed by atoms with Crippen molar-refractivity contribution < 1.29 is 4.79 Å². The summed E-state index contributed by atoms with van der Waals surface area (Å²) in [4.78, 5) is 14.0. The van der Waals surface area contributed by atoms with Crippen molar-refractivity contribution in [1.82, 2.24) is 15.5 Å². The molecule has 112 valence electrons. The lowest BCUT2D eigenvalue weighted by Crippen LogP contribution is -2.42. The molecular formula is C16H27N3O. The van der Waals surface area contributed by atoms with E-state index >= 15 is 0 Å². The van der Waals surface area contributed by atoms with Crippen LogP contribution in [-0.2, 0) is 6.42 Å². The number of hydrogen-bond donors (Lipinski definition) is 2. The summed E-state index contributed by atoms with van der Waals surface area (Å²) in [5, 5.41) is 5.78. The number of carbonyl (C=O) groups is 1. The van der Waals surface area contributed by atoms with Gasteiger partial charge in [0.1, 0.15) is 0 Å². The van der Waals surface area contributed by atoms with Gasteiger partial charge in [0.2, 0.25) is 0 Å². The van der Waals surface area contributed by atoms with Gasteiger partial charge in [-0.1, -0.05) is 37.3 Å². The molecule has 0 unspecified atom stereocenters. The van der Waals surface area contributed by atoms with Gasteiger partial charge in [-0.05, 0) is 32.4 Å². The van der Waals surface area contributed by atoms with E-state index in [-0.39, 0.29) is 6.03 Å². The third-order valence-corrected chi connectivity index (χ3v) is 3.36. The van der Waals surface area contributed by atoms with Gasteiger partial charge in [-0.25, -0.2) is 4.79 Å². The first-order valence-electron chi connectivity index (χ1n) is 7.43. The highest BCUT2D eigenvalue weighted by Crippen LogP contribution is 1.98. The second-order valence-corrected chi connectivity index (χ2v) is 5.14. The number of likely N-dealkylation sites (N-methyl/N-ethyl adjacent to an activating group) is 1. The number of nitrogens with one attached hydrogen (secondary N) is 2. The average Bonchev–Trinajstić information content (AvgIpc) is 2.44. The Labute approximate surface area is 122 Å². The standard InChI is InChI=1S/C16H27N3O/c1-4-19(14(2)3)13-12-18-16(20)17-11-10-15-8-6-5-7-9-15/h5-9,14H,4,10-13H2,1-3H3,(H2,17,18,20). The largest absolute Gasteiger partial charge is 0.338 e. The summed E-state index contributed by atoms with van der Waals surface area (Å²) >= 11 is 0. The molecule has 4 heteroatoms. The van der Waals surface area contributed by atoms with Crippen LogP contribution in [0.25, 0.3) is 0 Å². The summed E-state index contributed by atoms with van der Waals surface area (Å²) in [6.07, 6.45) is 0.862. The van der Waals surface area contributed by atoms with Crippen molar-refractivity contribution >= 4 is 6.03 Å². The molecule has 0 atom stereocenters. The lowest BCUT2D eigenvalue weighted by Gasteiger charge is -2.24. The van der Waals surface area contributed by atoms with Crippen LogP contribution in [0.2, 0.25) is 0 Å². The van der Waals surface area contributed by atoms with E-state index in [0.717, 1.165) is 19.5 Å². The third kappa shape index (κ3) is 6.57. The first-order chi connectivity index (χ1) is 9.63. The van der Waals surface area contributed by atoms with Crippen LogP contribution >= 0.6 is 0 Å². The van der Waals surface area contributed by atoms with Gasteiger partial charge in [-0.15, -0.1) is 0 Å². The Morgan fingerprint density at radius 2 is 1.80 bits per heavy atom. The summed E-state index contributed by atoms with van der Waals surface area (Å²) in [6.45, 7) is 9.72. The van der Waals surface area contributed by atoms with Crippen molar-refractivity contribution in [2.45, 2.75) is 33.2 Å². The lowest BCUT2D eigenvalue weighted by molar-refractivity contribution is 0.222. The van der Waals surface area contributed by atoms with Crippen LogP contribution < -0.4 is 10.6 Å². The zero-order chi connectivity index (χ0) is 14.8. The van der Waals surface area contributed by atoms with Crippen LogP contribution in [0, 0.1) is 0 Å². The van der Waals surface area contributed by atoms with E-state index in [9.17, 15) is 4.79 Å². The average molecular weight is 277 g/mol. The number of hydrogen-bond acceptors (Lipinski definition) is 2. The zero-order valence-electron chi connectivity index (χ0n) is 12.9. The molecule has 0 radical (unpaired) electrons. The van der Waals surface area contributed by atoms with Gasteiger partial charge >= 0.3 is 6.03 Å². The molecule has 0 aliphatic rings. The summed E-state index contributed by atoms with van der Waals surface area (Å²) in [7, 11) is 0. The number of rotatable bonds is 8. The van der Waals surface area contributed by atoms with Crippen LogP contribution in [0.15, 0.2) is 30.3 Å². The summed E-state index contributed by atoms with van der Waals surface area (Å²) in [6, 6.07) is 10.6. The molecule has 0 aromatic heterocycles. The van der Waals surface area contributed by atoms with E-state index in [1.807, 2.05) is 18.2 Å². The number of urea groups is 1. The fourth-order valence-corrected chi connectivity index (χ4v) is 2.12. The highest BCUT2D eigenvalue weighted by atomic mass is 16.2. The monoisotopic (exact) mass is 277 g/mol. The van der Waals surface area contributed by atoms with E-state index < -0.39 is 0 Å². The summed E-state index contributed by atoms with van der Waals surface area (Å²) in [5.74, 6) is 0. The molecule has 0 aliphatic heterocycles. The Hall–Kier alpha value is -1.55. The van der Waals surface area contributed by atoms with Crippen molar-refractivity contribution in [3.8, 4) is 0 Å². The predicted molar refractivity (Wildman–Crippen MR) is 83.9 cm³/mol. The molecule has 1 aromatic carbocycles. The third-order valence-electron chi connectivity index (χ3n) is 3.36. The van der Waals surface area contributed by atoms with E-state index in [4.69, 9.17) is 0 Å². The van der Waals surface area contributed by atoms with Crippen molar-refractivity contribution in [3.63, 3.8) is 0 Å². The fourth-order valence-electron chi connectivity index (χ4n) is 2.12. The molecule has 1 aromatic rings. The molecule has 0 saturated heterocycles. The number of amides is 2. The Kier molecular flexibility index (Phi) is 7.73. The molecule has 1 rings (SSSR count). The van der Waals surface area contributed by atoms with Crippen LogP contribution in [0.3, 0.4) is 0 Å². The van der Waals surface area contributed by atoms with Gasteiger partial charge in [-0.2, -0.15) is 0 Å². The van der Waals surface area contributed by atoms with E-state index in [1.165, 1.54) is 5.56 Å². The Morgan fingerprint density at radius 1 is 1.15 bits per heavy atom. The zero-order valence-corrected chi connectivity index (χ0v) is 12.9. The molecule has 0 fully saturated rings. The normalized spacial score (nSPS) is 10.8. The maximum atomic E-state index is 11.6. The van der Waals surface area contributed by atoms with Gasteiger partial charge < -0.3 is 10.6 Å². The minimum atomic E-state index is -0.0826. The molecule has 0 aliphatic carbocycles. The topological polar surface area (TPSA) is 44.4 Å². The quantitative estimate of drug-likeness (QED) is 0.765. The smallest absolute Gasteiger partial charge is 0.314 e. The van der Waals surface area contributed by atoms with Crippen LogP contribution in [0.1, 0.15) is 26.3 Å². The highest BCUT2D eigenvalue weighted by molar-refractivity contribution is 5.73. The van der Waals surface area contributed by atoms with Crippen molar-refractivity contribution in [3.05, 3.63) is 35.9 Å². The Bertz CT molecular complexity index is 379. The maximum Gasteiger partial charge on any atom is 0.314 e. The maximum absolute atomic E-state index is 11.6. The molecule has 20 heavy (non-hydrogen) atoms. The molecule has 2 amide bonds. The fraction of sp³-hybridized carbons (Fsp3) is 0.562. The number of nitrogens with zero attached hydrogens (tertiary/aromatic N) is 1. The second-order valence-electron chi connectivity index (χ2n) is 5.14.